The van der Waals surface area contributed by atoms with Crippen molar-refractivity contribution in [3.05, 3.63) is 33.8 Å². The lowest BCUT2D eigenvalue weighted by Gasteiger charge is -2.19. The number of carbonyl (C=O) groups is 3. The van der Waals surface area contributed by atoms with Crippen LogP contribution in [-0.2, 0) is 9.59 Å². The third-order valence-electron chi connectivity index (χ3n) is 3.20. The lowest BCUT2D eigenvalue weighted by molar-refractivity contribution is -0.140. The van der Waals surface area contributed by atoms with E-state index in [1.807, 2.05) is 0 Å². The smallest absolute Gasteiger partial charge is 0.253 e. The molecule has 1 aromatic rings. The average molecular weight is 329 g/mol. The first kappa shape index (κ1) is 15.8. The van der Waals surface area contributed by atoms with Gasteiger partial charge in [0.1, 0.15) is 6.04 Å². The molecule has 0 saturated carbocycles. The Labute approximate surface area is 132 Å². The minimum absolute atomic E-state index is 0.0407. The van der Waals surface area contributed by atoms with Crippen molar-refractivity contribution in [2.45, 2.75) is 32.4 Å². The van der Waals surface area contributed by atoms with Crippen molar-refractivity contribution in [1.82, 2.24) is 10.2 Å². The molecule has 1 atom stereocenters. The number of hydrogen-bond donors (Lipinski definition) is 1. The molecule has 0 bridgehead atoms. The molecular weight excluding hydrogens is 315 g/mol. The van der Waals surface area contributed by atoms with Crippen LogP contribution in [0.15, 0.2) is 18.2 Å². The molecule has 1 aromatic carbocycles. The molecule has 1 saturated heterocycles. The number of halogens is 2. The van der Waals surface area contributed by atoms with Crippen molar-refractivity contribution in [3.8, 4) is 0 Å². The summed E-state index contributed by atoms with van der Waals surface area (Å²) < 4.78 is 0. The molecule has 0 spiro atoms. The van der Waals surface area contributed by atoms with E-state index in [4.69, 9.17) is 23.2 Å². The highest BCUT2D eigenvalue weighted by molar-refractivity contribution is 6.43. The van der Waals surface area contributed by atoms with Crippen molar-refractivity contribution in [2.75, 3.05) is 0 Å². The summed E-state index contributed by atoms with van der Waals surface area (Å²) in [6, 6.07) is 3.56. The zero-order chi connectivity index (χ0) is 15.7. The Morgan fingerprint density at radius 2 is 2.00 bits per heavy atom. The zero-order valence-electron chi connectivity index (χ0n) is 11.5. The fourth-order valence-corrected chi connectivity index (χ4v) is 2.61. The maximum absolute atomic E-state index is 12.2. The molecule has 0 aromatic heterocycles. The summed E-state index contributed by atoms with van der Waals surface area (Å²) in [5, 5.41) is 2.91. The van der Waals surface area contributed by atoms with Crippen LogP contribution in [0.3, 0.4) is 0 Å². The summed E-state index contributed by atoms with van der Waals surface area (Å²) >= 11 is 11.8. The fourth-order valence-electron chi connectivity index (χ4n) is 2.22. The van der Waals surface area contributed by atoms with Gasteiger partial charge in [0.2, 0.25) is 5.91 Å². The Morgan fingerprint density at radius 3 is 2.57 bits per heavy atom. The maximum Gasteiger partial charge on any atom is 0.253 e. The number of nitrogens with one attached hydrogen (secondary N) is 1. The summed E-state index contributed by atoms with van der Waals surface area (Å²) in [7, 11) is 0. The number of benzene rings is 1. The lowest BCUT2D eigenvalue weighted by Crippen LogP contribution is -2.43. The molecule has 7 heteroatoms. The summed E-state index contributed by atoms with van der Waals surface area (Å²) in [6.45, 7) is 3.49. The molecule has 1 N–H and O–H groups in total. The molecule has 1 aliphatic rings. The normalized spacial score (nSPS) is 18.5. The van der Waals surface area contributed by atoms with Crippen LogP contribution in [0.4, 0.5) is 0 Å². The summed E-state index contributed by atoms with van der Waals surface area (Å²) in [4.78, 5) is 37.2. The van der Waals surface area contributed by atoms with E-state index < -0.39 is 17.9 Å². The van der Waals surface area contributed by atoms with E-state index in [0.29, 0.717) is 0 Å². The van der Waals surface area contributed by atoms with E-state index in [2.05, 4.69) is 5.32 Å². The van der Waals surface area contributed by atoms with E-state index in [-0.39, 0.29) is 34.0 Å². The second kappa shape index (κ2) is 6.03. The van der Waals surface area contributed by atoms with E-state index in [0.717, 1.165) is 4.90 Å². The number of amides is 3. The standard InChI is InChI=1S/C14H14Cl2N2O3/c1-7(2)18-11(19)6-10(14(18)21)17-13(20)8-4-3-5-9(15)12(8)16/h3-5,7,10H,6H2,1-2H3,(H,17,20). The monoisotopic (exact) mass is 328 g/mol. The fraction of sp³-hybridized carbons (Fsp3) is 0.357. The second-order valence-electron chi connectivity index (χ2n) is 5.03. The molecule has 21 heavy (non-hydrogen) atoms. The molecule has 112 valence electrons. The highest BCUT2D eigenvalue weighted by atomic mass is 35.5. The Hall–Kier alpha value is -1.59. The van der Waals surface area contributed by atoms with Gasteiger partial charge in [-0.3, -0.25) is 19.3 Å². The van der Waals surface area contributed by atoms with Crippen LogP contribution in [0.1, 0.15) is 30.6 Å². The van der Waals surface area contributed by atoms with Crippen molar-refractivity contribution < 1.29 is 14.4 Å². The van der Waals surface area contributed by atoms with Crippen LogP contribution in [0, 0.1) is 0 Å². The molecule has 1 unspecified atom stereocenters. The van der Waals surface area contributed by atoms with Crippen molar-refractivity contribution in [1.29, 1.82) is 0 Å². The van der Waals surface area contributed by atoms with Gasteiger partial charge in [0, 0.05) is 6.04 Å². The Balaban J connectivity index is 2.16. The van der Waals surface area contributed by atoms with Crippen LogP contribution in [-0.4, -0.2) is 34.7 Å². The van der Waals surface area contributed by atoms with E-state index in [1.54, 1.807) is 26.0 Å². The maximum atomic E-state index is 12.2. The Morgan fingerprint density at radius 1 is 1.33 bits per heavy atom. The van der Waals surface area contributed by atoms with Crippen molar-refractivity contribution in [2.24, 2.45) is 0 Å². The zero-order valence-corrected chi connectivity index (χ0v) is 13.0. The van der Waals surface area contributed by atoms with Crippen molar-refractivity contribution >= 4 is 40.9 Å². The predicted octanol–water partition coefficient (Wildman–Crippen LogP) is 2.26. The Bertz CT molecular complexity index is 616. The van der Waals surface area contributed by atoms with E-state index in [9.17, 15) is 14.4 Å². The van der Waals surface area contributed by atoms with Crippen LogP contribution < -0.4 is 5.32 Å². The molecular formula is C14H14Cl2N2O3. The highest BCUT2D eigenvalue weighted by Gasteiger charge is 2.40. The number of likely N-dealkylation sites (tertiary alicyclic amines) is 1. The largest absolute Gasteiger partial charge is 0.340 e. The van der Waals surface area contributed by atoms with Gasteiger partial charge in [-0.05, 0) is 26.0 Å². The van der Waals surface area contributed by atoms with Crippen LogP contribution in [0.25, 0.3) is 0 Å². The minimum atomic E-state index is -0.859. The van der Waals surface area contributed by atoms with Gasteiger partial charge in [0.05, 0.1) is 22.0 Å². The molecule has 2 rings (SSSR count). The van der Waals surface area contributed by atoms with Gasteiger partial charge >= 0.3 is 0 Å². The predicted molar refractivity (Wildman–Crippen MR) is 79.3 cm³/mol. The molecule has 1 fully saturated rings. The molecule has 1 heterocycles. The molecule has 1 aliphatic heterocycles. The summed E-state index contributed by atoms with van der Waals surface area (Å²) in [6.07, 6.45) is -0.0407. The Kier molecular flexibility index (Phi) is 4.54. The van der Waals surface area contributed by atoms with Crippen LogP contribution >= 0.6 is 23.2 Å². The van der Waals surface area contributed by atoms with Gasteiger partial charge in [-0.1, -0.05) is 29.3 Å². The number of carbonyl (C=O) groups excluding carboxylic acids is 3. The van der Waals surface area contributed by atoms with Gasteiger partial charge in [-0.2, -0.15) is 0 Å². The highest BCUT2D eigenvalue weighted by Crippen LogP contribution is 2.26. The first-order chi connectivity index (χ1) is 9.82. The summed E-state index contributed by atoms with van der Waals surface area (Å²) in [5.41, 5.74) is 0.174. The average Bonchev–Trinajstić information content (AvgIpc) is 2.67. The van der Waals surface area contributed by atoms with Gasteiger partial charge in [0.25, 0.3) is 11.8 Å². The SMILES string of the molecule is CC(C)N1C(=O)CC(NC(=O)c2cccc(Cl)c2Cl)C1=O. The summed E-state index contributed by atoms with van der Waals surface area (Å²) in [5.74, 6) is -1.22. The number of imide groups is 1. The van der Waals surface area contributed by atoms with Gasteiger partial charge < -0.3 is 5.32 Å². The molecule has 0 aliphatic carbocycles. The van der Waals surface area contributed by atoms with Gasteiger partial charge in [-0.15, -0.1) is 0 Å². The number of rotatable bonds is 3. The van der Waals surface area contributed by atoms with E-state index in [1.165, 1.54) is 6.07 Å². The van der Waals surface area contributed by atoms with Gasteiger partial charge in [-0.25, -0.2) is 0 Å². The van der Waals surface area contributed by atoms with Crippen LogP contribution in [0.2, 0.25) is 10.0 Å². The van der Waals surface area contributed by atoms with Crippen molar-refractivity contribution in [3.63, 3.8) is 0 Å². The molecule has 3 amide bonds. The third-order valence-corrected chi connectivity index (χ3v) is 4.02. The van der Waals surface area contributed by atoms with Crippen LogP contribution in [0.5, 0.6) is 0 Å². The molecule has 0 radical (unpaired) electrons. The molecule has 5 nitrogen and oxygen atoms in total. The topological polar surface area (TPSA) is 66.5 Å². The third kappa shape index (κ3) is 3.04. The lowest BCUT2D eigenvalue weighted by atomic mass is 10.1. The number of nitrogens with zero attached hydrogens (tertiary/aromatic N) is 1. The quantitative estimate of drug-likeness (QED) is 0.865. The second-order valence-corrected chi connectivity index (χ2v) is 5.81. The van der Waals surface area contributed by atoms with Gasteiger partial charge in [0.15, 0.2) is 0 Å². The minimum Gasteiger partial charge on any atom is -0.340 e. The number of hydrogen-bond acceptors (Lipinski definition) is 3. The first-order valence-corrected chi connectivity index (χ1v) is 7.19. The first-order valence-electron chi connectivity index (χ1n) is 6.43. The van der Waals surface area contributed by atoms with E-state index >= 15 is 0 Å².